The van der Waals surface area contributed by atoms with Crippen LogP contribution in [0.2, 0.25) is 5.02 Å². The van der Waals surface area contributed by atoms with E-state index in [2.05, 4.69) is 0 Å². The van der Waals surface area contributed by atoms with Gasteiger partial charge in [-0.2, -0.15) is 5.26 Å². The molecule has 0 aliphatic rings. The number of aryl methyl sites for hydroxylation is 1. The first kappa shape index (κ1) is 20.6. The number of rotatable bonds is 4. The fourth-order valence-electron chi connectivity index (χ4n) is 3.86. The summed E-state index contributed by atoms with van der Waals surface area (Å²) in [5, 5.41) is 9.71. The van der Waals surface area contributed by atoms with Crippen LogP contribution in [0.1, 0.15) is 27.3 Å². The normalized spacial score (nSPS) is 10.9. The minimum Gasteiger partial charge on any atom is -0.338 e. The van der Waals surface area contributed by atoms with Gasteiger partial charge in [-0.1, -0.05) is 23.7 Å². The summed E-state index contributed by atoms with van der Waals surface area (Å²) in [6, 6.07) is 15.0. The number of para-hydroxylation sites is 1. The quantitative estimate of drug-likeness (QED) is 0.427. The Morgan fingerprint density at radius 2 is 1.90 bits per heavy atom. The third kappa shape index (κ3) is 3.54. The molecule has 4 rings (SSSR count). The number of carbonyl (C=O) groups excluding carboxylic acids is 1. The number of ketones is 1. The molecule has 2 aromatic heterocycles. The summed E-state index contributed by atoms with van der Waals surface area (Å²) >= 11 is 5.93. The van der Waals surface area contributed by atoms with Gasteiger partial charge in [-0.05, 0) is 50.2 Å². The fraction of sp³-hybridized carbons (Fsp3) is 0.125. The van der Waals surface area contributed by atoms with Gasteiger partial charge in [0.2, 0.25) is 5.43 Å². The van der Waals surface area contributed by atoms with Gasteiger partial charge in [-0.25, -0.2) is 4.39 Å². The number of benzene rings is 2. The van der Waals surface area contributed by atoms with Crippen LogP contribution in [0.5, 0.6) is 0 Å². The lowest BCUT2D eigenvalue weighted by Gasteiger charge is -2.12. The molecule has 0 aliphatic carbocycles. The summed E-state index contributed by atoms with van der Waals surface area (Å²) in [5.41, 5.74) is 2.85. The molecule has 0 aliphatic heterocycles. The standard InChI is InChI=1S/C24H17ClFN3O2/c1-14-9-19(15(2)29(14)17-7-8-21(26)20(25)10-17)23(30)13-28-12-16(11-27)24(31)18-5-3-4-6-22(18)28/h3-10,12H,13H2,1-2H3. The van der Waals surface area contributed by atoms with Crippen LogP contribution < -0.4 is 5.43 Å². The molecule has 0 spiro atoms. The highest BCUT2D eigenvalue weighted by Crippen LogP contribution is 2.25. The molecule has 0 N–H and O–H groups in total. The number of fused-ring (bicyclic) bond motifs is 1. The van der Waals surface area contributed by atoms with Crippen molar-refractivity contribution in [2.75, 3.05) is 0 Å². The van der Waals surface area contributed by atoms with Gasteiger partial charge in [0.1, 0.15) is 17.4 Å². The zero-order valence-electron chi connectivity index (χ0n) is 16.8. The average molecular weight is 434 g/mol. The SMILES string of the molecule is Cc1cc(C(=O)Cn2cc(C#N)c(=O)c3ccccc32)c(C)n1-c1ccc(F)c(Cl)c1. The Labute approximate surface area is 182 Å². The smallest absolute Gasteiger partial charge is 0.207 e. The molecular weight excluding hydrogens is 417 g/mol. The second kappa shape index (κ2) is 7.86. The molecule has 0 bridgehead atoms. The van der Waals surface area contributed by atoms with Crippen molar-refractivity contribution in [1.29, 1.82) is 5.26 Å². The van der Waals surface area contributed by atoms with Crippen molar-refractivity contribution in [2.24, 2.45) is 0 Å². The van der Waals surface area contributed by atoms with Crippen molar-refractivity contribution in [2.45, 2.75) is 20.4 Å². The van der Waals surface area contributed by atoms with Crippen LogP contribution in [-0.4, -0.2) is 14.9 Å². The van der Waals surface area contributed by atoms with Gasteiger partial charge in [0.15, 0.2) is 5.78 Å². The molecule has 0 atom stereocenters. The van der Waals surface area contributed by atoms with E-state index in [4.69, 9.17) is 11.6 Å². The first-order valence-electron chi connectivity index (χ1n) is 9.51. The Morgan fingerprint density at radius 1 is 1.16 bits per heavy atom. The number of hydrogen-bond acceptors (Lipinski definition) is 3. The van der Waals surface area contributed by atoms with Gasteiger partial charge in [0, 0.05) is 34.2 Å². The van der Waals surface area contributed by atoms with Crippen molar-refractivity contribution in [3.63, 3.8) is 0 Å². The van der Waals surface area contributed by atoms with Crippen LogP contribution in [0.4, 0.5) is 4.39 Å². The molecule has 0 amide bonds. The largest absolute Gasteiger partial charge is 0.338 e. The van der Waals surface area contributed by atoms with E-state index in [1.807, 2.05) is 24.5 Å². The second-order valence-corrected chi connectivity index (χ2v) is 7.68. The first-order valence-corrected chi connectivity index (χ1v) is 9.89. The molecule has 4 aromatic rings. The number of Topliss-reactive ketones (excluding diaryl/α,β-unsaturated/α-hetero) is 1. The molecule has 2 heterocycles. The number of halogens is 2. The summed E-state index contributed by atoms with van der Waals surface area (Å²) in [7, 11) is 0. The van der Waals surface area contributed by atoms with Crippen molar-refractivity contribution in [3.8, 4) is 11.8 Å². The Balaban J connectivity index is 1.77. The number of nitrogens with zero attached hydrogens (tertiary/aromatic N) is 3. The average Bonchev–Trinajstić information content (AvgIpc) is 3.06. The topological polar surface area (TPSA) is 67.8 Å². The maximum atomic E-state index is 13.6. The Morgan fingerprint density at radius 3 is 2.61 bits per heavy atom. The molecule has 0 unspecified atom stereocenters. The van der Waals surface area contributed by atoms with E-state index in [0.29, 0.717) is 27.8 Å². The van der Waals surface area contributed by atoms with Gasteiger partial charge in [-0.3, -0.25) is 9.59 Å². The first-order chi connectivity index (χ1) is 14.8. The molecule has 0 saturated heterocycles. The van der Waals surface area contributed by atoms with Gasteiger partial charge in [-0.15, -0.1) is 0 Å². The van der Waals surface area contributed by atoms with Crippen LogP contribution in [0.25, 0.3) is 16.6 Å². The van der Waals surface area contributed by atoms with Crippen LogP contribution >= 0.6 is 11.6 Å². The maximum absolute atomic E-state index is 13.6. The van der Waals surface area contributed by atoms with Crippen LogP contribution in [0.3, 0.4) is 0 Å². The van der Waals surface area contributed by atoms with Crippen LogP contribution in [0, 0.1) is 31.0 Å². The predicted molar refractivity (Wildman–Crippen MR) is 117 cm³/mol. The number of aromatic nitrogens is 2. The van der Waals surface area contributed by atoms with E-state index >= 15 is 0 Å². The molecular formula is C24H17ClFN3O2. The summed E-state index contributed by atoms with van der Waals surface area (Å²) in [5.74, 6) is -0.687. The Bertz CT molecular complexity index is 1460. The minimum absolute atomic E-state index is 0.00152. The van der Waals surface area contributed by atoms with Gasteiger partial charge >= 0.3 is 0 Å². The second-order valence-electron chi connectivity index (χ2n) is 7.27. The lowest BCUT2D eigenvalue weighted by molar-refractivity contribution is 0.0973. The summed E-state index contributed by atoms with van der Waals surface area (Å²) in [6.07, 6.45) is 1.42. The van der Waals surface area contributed by atoms with E-state index in [1.54, 1.807) is 41.0 Å². The lowest BCUT2D eigenvalue weighted by Crippen LogP contribution is -2.17. The maximum Gasteiger partial charge on any atom is 0.207 e. The molecule has 0 radical (unpaired) electrons. The number of pyridine rings is 1. The van der Waals surface area contributed by atoms with Crippen LogP contribution in [0.15, 0.2) is 59.5 Å². The number of hydrogen-bond donors (Lipinski definition) is 0. The third-order valence-electron chi connectivity index (χ3n) is 5.31. The number of carbonyl (C=O) groups is 1. The Hall–Kier alpha value is -3.69. The molecule has 31 heavy (non-hydrogen) atoms. The van der Waals surface area contributed by atoms with E-state index in [1.165, 1.54) is 18.3 Å². The highest BCUT2D eigenvalue weighted by molar-refractivity contribution is 6.30. The van der Waals surface area contributed by atoms with E-state index in [0.717, 1.165) is 5.69 Å². The molecule has 0 fully saturated rings. The van der Waals surface area contributed by atoms with Gasteiger partial charge < -0.3 is 9.13 Å². The minimum atomic E-state index is -0.512. The van der Waals surface area contributed by atoms with Crippen molar-refractivity contribution in [3.05, 3.63) is 98.3 Å². The monoisotopic (exact) mass is 433 g/mol. The summed E-state index contributed by atoms with van der Waals surface area (Å²) < 4.78 is 17.0. The summed E-state index contributed by atoms with van der Waals surface area (Å²) in [4.78, 5) is 25.6. The highest BCUT2D eigenvalue weighted by Gasteiger charge is 2.19. The summed E-state index contributed by atoms with van der Waals surface area (Å²) in [6.45, 7) is 3.62. The molecule has 2 aromatic carbocycles. The molecule has 0 saturated carbocycles. The predicted octanol–water partition coefficient (Wildman–Crippen LogP) is 4.96. The zero-order chi connectivity index (χ0) is 22.3. The number of nitriles is 1. The van der Waals surface area contributed by atoms with E-state index in [-0.39, 0.29) is 28.3 Å². The van der Waals surface area contributed by atoms with Crippen LogP contribution in [-0.2, 0) is 6.54 Å². The molecule has 5 nitrogen and oxygen atoms in total. The van der Waals surface area contributed by atoms with Crippen molar-refractivity contribution < 1.29 is 9.18 Å². The van der Waals surface area contributed by atoms with Gasteiger partial charge in [0.05, 0.1) is 17.1 Å². The highest BCUT2D eigenvalue weighted by atomic mass is 35.5. The molecule has 7 heteroatoms. The molecule has 154 valence electrons. The lowest BCUT2D eigenvalue weighted by atomic mass is 10.1. The van der Waals surface area contributed by atoms with Crippen molar-refractivity contribution >= 4 is 28.3 Å². The third-order valence-corrected chi connectivity index (χ3v) is 5.60. The zero-order valence-corrected chi connectivity index (χ0v) is 17.6. The Kier molecular flexibility index (Phi) is 5.22. The fourth-order valence-corrected chi connectivity index (χ4v) is 4.04. The van der Waals surface area contributed by atoms with Gasteiger partial charge in [0.25, 0.3) is 0 Å². The van der Waals surface area contributed by atoms with E-state index < -0.39 is 5.82 Å². The van der Waals surface area contributed by atoms with E-state index in [9.17, 15) is 19.2 Å². The van der Waals surface area contributed by atoms with Crippen molar-refractivity contribution in [1.82, 2.24) is 9.13 Å².